The lowest BCUT2D eigenvalue weighted by atomic mass is 10.5. The van der Waals surface area contributed by atoms with E-state index in [1.165, 1.54) is 0 Å². The highest BCUT2D eigenvalue weighted by Crippen LogP contribution is 1.78. The summed E-state index contributed by atoms with van der Waals surface area (Å²) in [6, 6.07) is 0. The Balaban J connectivity index is 3.32. The molecule has 8 heavy (non-hydrogen) atoms. The van der Waals surface area contributed by atoms with Crippen molar-refractivity contribution < 1.29 is 0 Å². The SMILES string of the molecule is CC(=N)N(C)CCN. The molecule has 0 saturated carbocycles. The van der Waals surface area contributed by atoms with Crippen molar-refractivity contribution in [3.05, 3.63) is 0 Å². The van der Waals surface area contributed by atoms with Gasteiger partial charge < -0.3 is 10.6 Å². The highest BCUT2D eigenvalue weighted by Gasteiger charge is 1.92. The molecule has 0 unspecified atom stereocenters. The molecule has 0 aromatic rings. The maximum atomic E-state index is 7.07. The second-order valence-electron chi connectivity index (χ2n) is 1.80. The molecule has 0 spiro atoms. The van der Waals surface area contributed by atoms with Gasteiger partial charge in [0.1, 0.15) is 0 Å². The Morgan fingerprint density at radius 2 is 2.25 bits per heavy atom. The minimum atomic E-state index is 0.565. The number of nitrogens with one attached hydrogen (secondary N) is 1. The third-order valence-electron chi connectivity index (χ3n) is 1.04. The van der Waals surface area contributed by atoms with Crippen LogP contribution in [0.5, 0.6) is 0 Å². The monoisotopic (exact) mass is 115 g/mol. The van der Waals surface area contributed by atoms with Gasteiger partial charge in [-0.25, -0.2) is 0 Å². The van der Waals surface area contributed by atoms with E-state index in [4.69, 9.17) is 11.1 Å². The molecule has 0 fully saturated rings. The number of amidine groups is 1. The normalized spacial score (nSPS) is 8.88. The van der Waals surface area contributed by atoms with Gasteiger partial charge in [-0.05, 0) is 6.92 Å². The number of nitrogens with zero attached hydrogens (tertiary/aromatic N) is 1. The van der Waals surface area contributed by atoms with Crippen LogP contribution < -0.4 is 5.73 Å². The predicted octanol–water partition coefficient (Wildman–Crippen LogP) is -0.126. The molecule has 0 radical (unpaired) electrons. The molecule has 48 valence electrons. The number of hydrogen-bond acceptors (Lipinski definition) is 2. The van der Waals surface area contributed by atoms with Crippen LogP contribution in [0.2, 0.25) is 0 Å². The zero-order valence-electron chi connectivity index (χ0n) is 5.44. The molecule has 3 heteroatoms. The molecule has 0 aromatic heterocycles. The summed E-state index contributed by atoms with van der Waals surface area (Å²) in [5.74, 6) is 0.565. The Morgan fingerprint density at radius 3 is 2.38 bits per heavy atom. The fourth-order valence-corrected chi connectivity index (χ4v) is 0.361. The van der Waals surface area contributed by atoms with Gasteiger partial charge in [0.25, 0.3) is 0 Å². The molecule has 0 rings (SSSR count). The van der Waals surface area contributed by atoms with Crippen molar-refractivity contribution in [3.8, 4) is 0 Å². The highest BCUT2D eigenvalue weighted by molar-refractivity contribution is 5.75. The first-order valence-corrected chi connectivity index (χ1v) is 2.65. The van der Waals surface area contributed by atoms with Crippen molar-refractivity contribution in [2.24, 2.45) is 5.73 Å². The summed E-state index contributed by atoms with van der Waals surface area (Å²) in [6.07, 6.45) is 0. The van der Waals surface area contributed by atoms with Crippen LogP contribution in [0.25, 0.3) is 0 Å². The van der Waals surface area contributed by atoms with Crippen LogP contribution in [-0.2, 0) is 0 Å². The van der Waals surface area contributed by atoms with Gasteiger partial charge in [-0.1, -0.05) is 0 Å². The molecule has 3 N–H and O–H groups in total. The fraction of sp³-hybridized carbons (Fsp3) is 0.800. The first-order valence-electron chi connectivity index (χ1n) is 2.65. The summed E-state index contributed by atoms with van der Waals surface area (Å²) in [4.78, 5) is 1.81. The second kappa shape index (κ2) is 3.43. The van der Waals surface area contributed by atoms with Gasteiger partial charge in [0.05, 0.1) is 5.84 Å². The lowest BCUT2D eigenvalue weighted by Crippen LogP contribution is -2.28. The van der Waals surface area contributed by atoms with Gasteiger partial charge >= 0.3 is 0 Å². The van der Waals surface area contributed by atoms with E-state index in [9.17, 15) is 0 Å². The Hall–Kier alpha value is -0.570. The molecular formula is C5H13N3. The first kappa shape index (κ1) is 7.43. The lowest BCUT2D eigenvalue weighted by molar-refractivity contribution is 0.509. The summed E-state index contributed by atoms with van der Waals surface area (Å²) in [7, 11) is 1.86. The van der Waals surface area contributed by atoms with Crippen molar-refractivity contribution >= 4 is 5.84 Å². The summed E-state index contributed by atoms with van der Waals surface area (Å²) < 4.78 is 0. The van der Waals surface area contributed by atoms with Gasteiger partial charge in [-0.2, -0.15) is 0 Å². The van der Waals surface area contributed by atoms with E-state index in [-0.39, 0.29) is 0 Å². The van der Waals surface area contributed by atoms with Gasteiger partial charge in [0, 0.05) is 20.1 Å². The molecule has 0 atom stereocenters. The second-order valence-corrected chi connectivity index (χ2v) is 1.80. The molecule has 0 aliphatic carbocycles. The van der Waals surface area contributed by atoms with Crippen LogP contribution in [0, 0.1) is 5.41 Å². The summed E-state index contributed by atoms with van der Waals surface area (Å²) in [6.45, 7) is 3.14. The van der Waals surface area contributed by atoms with Gasteiger partial charge in [0.2, 0.25) is 0 Å². The first-order chi connectivity index (χ1) is 3.68. The number of likely N-dealkylation sites (N-methyl/N-ethyl adjacent to an activating group) is 1. The maximum Gasteiger partial charge on any atom is 0.0923 e. The predicted molar refractivity (Wildman–Crippen MR) is 35.1 cm³/mol. The molecule has 0 amide bonds. The standard InChI is InChI=1S/C5H13N3/c1-5(7)8(2)4-3-6/h7H,3-4,6H2,1-2H3. The zero-order valence-corrected chi connectivity index (χ0v) is 5.44. The molecular weight excluding hydrogens is 102 g/mol. The van der Waals surface area contributed by atoms with E-state index >= 15 is 0 Å². The van der Waals surface area contributed by atoms with Crippen LogP contribution in [0.15, 0.2) is 0 Å². The van der Waals surface area contributed by atoms with Crippen LogP contribution in [0.3, 0.4) is 0 Å². The third-order valence-corrected chi connectivity index (χ3v) is 1.04. The minimum absolute atomic E-state index is 0.565. The van der Waals surface area contributed by atoms with Crippen molar-refractivity contribution in [2.45, 2.75) is 6.92 Å². The average molecular weight is 115 g/mol. The fourth-order valence-electron chi connectivity index (χ4n) is 0.361. The Bertz CT molecular complexity index is 79.7. The molecule has 0 aliphatic rings. The minimum Gasteiger partial charge on any atom is -0.363 e. The smallest absolute Gasteiger partial charge is 0.0923 e. The lowest BCUT2D eigenvalue weighted by Gasteiger charge is -2.14. The van der Waals surface area contributed by atoms with Gasteiger partial charge in [0.15, 0.2) is 0 Å². The van der Waals surface area contributed by atoms with Crippen LogP contribution in [0.4, 0.5) is 0 Å². The summed E-state index contributed by atoms with van der Waals surface area (Å²) >= 11 is 0. The van der Waals surface area contributed by atoms with Crippen molar-refractivity contribution in [2.75, 3.05) is 20.1 Å². The molecule has 0 saturated heterocycles. The third kappa shape index (κ3) is 2.58. The highest BCUT2D eigenvalue weighted by atomic mass is 15.1. The molecule has 0 aromatic carbocycles. The van der Waals surface area contributed by atoms with Gasteiger partial charge in [-0.3, -0.25) is 5.41 Å². The Labute approximate surface area is 50.0 Å². The van der Waals surface area contributed by atoms with E-state index in [2.05, 4.69) is 0 Å². The number of nitrogens with two attached hydrogens (primary N) is 1. The van der Waals surface area contributed by atoms with Crippen molar-refractivity contribution in [1.82, 2.24) is 4.90 Å². The van der Waals surface area contributed by atoms with Crippen molar-refractivity contribution in [3.63, 3.8) is 0 Å². The number of hydrogen-bond donors (Lipinski definition) is 2. The van der Waals surface area contributed by atoms with Crippen molar-refractivity contribution in [1.29, 1.82) is 5.41 Å². The van der Waals surface area contributed by atoms with E-state index in [1.54, 1.807) is 11.8 Å². The molecule has 3 nitrogen and oxygen atoms in total. The summed E-state index contributed by atoms with van der Waals surface area (Å²) in [5.41, 5.74) is 5.23. The summed E-state index contributed by atoms with van der Waals surface area (Å²) in [5, 5.41) is 7.07. The van der Waals surface area contributed by atoms with Gasteiger partial charge in [-0.15, -0.1) is 0 Å². The number of rotatable bonds is 2. The Kier molecular flexibility index (Phi) is 3.19. The van der Waals surface area contributed by atoms with Crippen LogP contribution in [0.1, 0.15) is 6.92 Å². The molecule has 0 bridgehead atoms. The topological polar surface area (TPSA) is 53.1 Å². The zero-order chi connectivity index (χ0) is 6.57. The van der Waals surface area contributed by atoms with E-state index in [0.29, 0.717) is 12.4 Å². The quantitative estimate of drug-likeness (QED) is 0.389. The van der Waals surface area contributed by atoms with E-state index in [0.717, 1.165) is 6.54 Å². The molecule has 0 heterocycles. The average Bonchev–Trinajstić information content (AvgIpc) is 1.67. The van der Waals surface area contributed by atoms with Crippen LogP contribution in [-0.4, -0.2) is 30.9 Å². The van der Waals surface area contributed by atoms with Crippen LogP contribution >= 0.6 is 0 Å². The maximum absolute atomic E-state index is 7.07. The Morgan fingerprint density at radius 1 is 1.75 bits per heavy atom. The van der Waals surface area contributed by atoms with E-state index < -0.39 is 0 Å². The molecule has 0 aliphatic heterocycles. The van der Waals surface area contributed by atoms with E-state index in [1.807, 2.05) is 7.05 Å². The largest absolute Gasteiger partial charge is 0.363 e.